The highest BCUT2D eigenvalue weighted by molar-refractivity contribution is 5.92. The van der Waals surface area contributed by atoms with Crippen LogP contribution in [0.25, 0.3) is 0 Å². The number of hydrogen-bond donors (Lipinski definition) is 3. The maximum Gasteiger partial charge on any atom is 0.329 e. The Morgan fingerprint density at radius 1 is 1.33 bits per heavy atom. The summed E-state index contributed by atoms with van der Waals surface area (Å²) in [4.78, 5) is 23.7. The predicted molar refractivity (Wildman–Crippen MR) is 69.4 cm³/mol. The van der Waals surface area contributed by atoms with Gasteiger partial charge in [-0.05, 0) is 45.6 Å². The molecule has 0 aromatic heterocycles. The number of carbonyl (C=O) groups excluding carboxylic acids is 1. The number of carbonyl (C=O) groups is 2. The molecule has 1 rings (SSSR count). The standard InChI is InChI=1S/C13H24N2O3/c1-4-13(5-2,11(17)18)15-10(16)12(3)8-6-7-9-14-12/h14H,4-9H2,1-3H3,(H,15,16)(H,17,18). The molecule has 104 valence electrons. The Morgan fingerprint density at radius 3 is 2.33 bits per heavy atom. The van der Waals surface area contributed by atoms with Gasteiger partial charge in [-0.15, -0.1) is 0 Å². The van der Waals surface area contributed by atoms with E-state index in [2.05, 4.69) is 10.6 Å². The monoisotopic (exact) mass is 256 g/mol. The Labute approximate surface area is 108 Å². The predicted octanol–water partition coefficient (Wildman–Crippen LogP) is 1.28. The van der Waals surface area contributed by atoms with Crippen LogP contribution in [0.15, 0.2) is 0 Å². The third-order valence-corrected chi connectivity index (χ3v) is 4.09. The van der Waals surface area contributed by atoms with Gasteiger partial charge >= 0.3 is 5.97 Å². The van der Waals surface area contributed by atoms with Crippen molar-refractivity contribution in [2.75, 3.05) is 6.54 Å². The van der Waals surface area contributed by atoms with E-state index < -0.39 is 17.0 Å². The van der Waals surface area contributed by atoms with Crippen molar-refractivity contribution in [3.63, 3.8) is 0 Å². The zero-order chi connectivity index (χ0) is 13.8. The van der Waals surface area contributed by atoms with Gasteiger partial charge in [-0.3, -0.25) is 4.79 Å². The molecule has 1 atom stereocenters. The summed E-state index contributed by atoms with van der Waals surface area (Å²) in [6.45, 7) is 6.23. The normalized spacial score (nSPS) is 24.6. The molecule has 1 amide bonds. The van der Waals surface area contributed by atoms with Gasteiger partial charge in [-0.25, -0.2) is 4.79 Å². The fraction of sp³-hybridized carbons (Fsp3) is 0.846. The van der Waals surface area contributed by atoms with Crippen molar-refractivity contribution in [2.24, 2.45) is 0 Å². The lowest BCUT2D eigenvalue weighted by atomic mass is 9.86. The molecule has 1 aliphatic heterocycles. The van der Waals surface area contributed by atoms with E-state index in [0.29, 0.717) is 12.8 Å². The van der Waals surface area contributed by atoms with Crippen LogP contribution in [-0.2, 0) is 9.59 Å². The molecule has 0 bridgehead atoms. The summed E-state index contributed by atoms with van der Waals surface area (Å²) in [6.07, 6.45) is 3.59. The van der Waals surface area contributed by atoms with Gasteiger partial charge in [0.1, 0.15) is 5.54 Å². The Kier molecular flexibility index (Phi) is 4.73. The maximum atomic E-state index is 12.3. The quantitative estimate of drug-likeness (QED) is 0.692. The Hall–Kier alpha value is -1.10. The molecule has 18 heavy (non-hydrogen) atoms. The second-order valence-corrected chi connectivity index (χ2v) is 5.26. The number of aliphatic carboxylic acids is 1. The van der Waals surface area contributed by atoms with E-state index in [0.717, 1.165) is 25.8 Å². The van der Waals surface area contributed by atoms with Crippen LogP contribution < -0.4 is 10.6 Å². The van der Waals surface area contributed by atoms with Crippen LogP contribution in [0, 0.1) is 0 Å². The van der Waals surface area contributed by atoms with Crippen molar-refractivity contribution in [3.8, 4) is 0 Å². The van der Waals surface area contributed by atoms with E-state index in [-0.39, 0.29) is 5.91 Å². The van der Waals surface area contributed by atoms with Gasteiger partial charge in [-0.2, -0.15) is 0 Å². The molecule has 1 saturated heterocycles. The fourth-order valence-electron chi connectivity index (χ4n) is 2.39. The molecule has 3 N–H and O–H groups in total. The molecule has 0 aromatic carbocycles. The molecule has 1 heterocycles. The van der Waals surface area contributed by atoms with Crippen LogP contribution in [0.2, 0.25) is 0 Å². The molecule has 0 aromatic rings. The topological polar surface area (TPSA) is 78.4 Å². The Bertz CT molecular complexity index is 318. The van der Waals surface area contributed by atoms with Crippen molar-refractivity contribution in [1.29, 1.82) is 0 Å². The van der Waals surface area contributed by atoms with Crippen LogP contribution in [0.4, 0.5) is 0 Å². The number of carboxylic acids is 1. The van der Waals surface area contributed by atoms with E-state index in [1.54, 1.807) is 13.8 Å². The molecule has 5 heteroatoms. The molecular formula is C13H24N2O3. The summed E-state index contributed by atoms with van der Waals surface area (Å²) in [6, 6.07) is 0. The first kappa shape index (κ1) is 15.0. The van der Waals surface area contributed by atoms with Gasteiger partial charge in [0.05, 0.1) is 5.54 Å². The molecule has 0 aliphatic carbocycles. The zero-order valence-electron chi connectivity index (χ0n) is 11.5. The lowest BCUT2D eigenvalue weighted by Crippen LogP contribution is -2.63. The molecular weight excluding hydrogens is 232 g/mol. The fourth-order valence-corrected chi connectivity index (χ4v) is 2.39. The third-order valence-electron chi connectivity index (χ3n) is 4.09. The van der Waals surface area contributed by atoms with Crippen molar-refractivity contribution in [2.45, 2.75) is 64.0 Å². The highest BCUT2D eigenvalue weighted by Gasteiger charge is 2.42. The average molecular weight is 256 g/mol. The maximum absolute atomic E-state index is 12.3. The number of hydrogen-bond acceptors (Lipinski definition) is 3. The number of carboxylic acid groups (broad SMARTS) is 1. The molecule has 0 saturated carbocycles. The van der Waals surface area contributed by atoms with Gasteiger partial charge < -0.3 is 15.7 Å². The SMILES string of the molecule is CCC(CC)(NC(=O)C1(C)CCCCN1)C(=O)O. The van der Waals surface area contributed by atoms with Gasteiger partial charge in [-0.1, -0.05) is 13.8 Å². The summed E-state index contributed by atoms with van der Waals surface area (Å²) < 4.78 is 0. The molecule has 1 unspecified atom stereocenters. The minimum atomic E-state index is -1.14. The first-order valence-electron chi connectivity index (χ1n) is 6.71. The van der Waals surface area contributed by atoms with Gasteiger partial charge in [0.15, 0.2) is 0 Å². The first-order valence-corrected chi connectivity index (χ1v) is 6.71. The van der Waals surface area contributed by atoms with Crippen LogP contribution in [0.1, 0.15) is 52.9 Å². The van der Waals surface area contributed by atoms with Crippen molar-refractivity contribution in [3.05, 3.63) is 0 Å². The highest BCUT2D eigenvalue weighted by atomic mass is 16.4. The molecule has 5 nitrogen and oxygen atoms in total. The van der Waals surface area contributed by atoms with Crippen LogP contribution in [0.5, 0.6) is 0 Å². The van der Waals surface area contributed by atoms with Crippen LogP contribution >= 0.6 is 0 Å². The number of rotatable bonds is 5. The van der Waals surface area contributed by atoms with Gasteiger partial charge in [0.2, 0.25) is 5.91 Å². The largest absolute Gasteiger partial charge is 0.480 e. The van der Waals surface area contributed by atoms with E-state index in [9.17, 15) is 14.7 Å². The summed E-state index contributed by atoms with van der Waals surface area (Å²) in [5.41, 5.74) is -1.78. The van der Waals surface area contributed by atoms with Crippen molar-refractivity contribution in [1.82, 2.24) is 10.6 Å². The second kappa shape index (κ2) is 5.69. The summed E-state index contributed by atoms with van der Waals surface area (Å²) in [5.74, 6) is -1.16. The second-order valence-electron chi connectivity index (χ2n) is 5.26. The first-order chi connectivity index (χ1) is 8.40. The summed E-state index contributed by atoms with van der Waals surface area (Å²) >= 11 is 0. The molecule has 1 fully saturated rings. The Balaban J connectivity index is 2.81. The number of amides is 1. The van der Waals surface area contributed by atoms with Crippen molar-refractivity contribution >= 4 is 11.9 Å². The third kappa shape index (κ3) is 2.83. The van der Waals surface area contributed by atoms with Crippen LogP contribution in [0.3, 0.4) is 0 Å². The minimum Gasteiger partial charge on any atom is -0.480 e. The van der Waals surface area contributed by atoms with E-state index in [1.165, 1.54) is 0 Å². The van der Waals surface area contributed by atoms with E-state index in [4.69, 9.17) is 0 Å². The lowest BCUT2D eigenvalue weighted by Gasteiger charge is -2.37. The van der Waals surface area contributed by atoms with E-state index in [1.807, 2.05) is 6.92 Å². The van der Waals surface area contributed by atoms with Gasteiger partial charge in [0, 0.05) is 0 Å². The smallest absolute Gasteiger partial charge is 0.329 e. The molecule has 1 aliphatic rings. The zero-order valence-corrected chi connectivity index (χ0v) is 11.5. The van der Waals surface area contributed by atoms with Crippen LogP contribution in [-0.4, -0.2) is 34.6 Å². The molecule has 0 spiro atoms. The lowest BCUT2D eigenvalue weighted by molar-refractivity contribution is -0.149. The summed E-state index contributed by atoms with van der Waals surface area (Å²) in [7, 11) is 0. The Morgan fingerprint density at radius 2 is 1.94 bits per heavy atom. The summed E-state index contributed by atoms with van der Waals surface area (Å²) in [5, 5.41) is 15.3. The van der Waals surface area contributed by atoms with Crippen molar-refractivity contribution < 1.29 is 14.7 Å². The van der Waals surface area contributed by atoms with E-state index >= 15 is 0 Å². The molecule has 0 radical (unpaired) electrons. The number of piperidine rings is 1. The highest BCUT2D eigenvalue weighted by Crippen LogP contribution is 2.22. The number of nitrogens with one attached hydrogen (secondary N) is 2. The van der Waals surface area contributed by atoms with Gasteiger partial charge in [0.25, 0.3) is 0 Å². The average Bonchev–Trinajstić information content (AvgIpc) is 2.36. The minimum absolute atomic E-state index is 0.201.